The topological polar surface area (TPSA) is 47.5 Å². The van der Waals surface area contributed by atoms with E-state index in [-0.39, 0.29) is 5.82 Å². The van der Waals surface area contributed by atoms with Crippen molar-refractivity contribution in [1.82, 2.24) is 14.9 Å². The van der Waals surface area contributed by atoms with E-state index in [9.17, 15) is 4.39 Å². The van der Waals surface area contributed by atoms with E-state index in [1.807, 2.05) is 12.4 Å². The summed E-state index contributed by atoms with van der Waals surface area (Å²) in [5.41, 5.74) is 1.11. The van der Waals surface area contributed by atoms with Crippen LogP contribution in [-0.4, -0.2) is 41.7 Å². The van der Waals surface area contributed by atoms with E-state index in [2.05, 4.69) is 14.9 Å². The van der Waals surface area contributed by atoms with E-state index in [4.69, 9.17) is 9.47 Å². The van der Waals surface area contributed by atoms with E-state index in [0.717, 1.165) is 43.8 Å². The highest BCUT2D eigenvalue weighted by Gasteiger charge is 2.20. The zero-order valence-electron chi connectivity index (χ0n) is 14.5. The molecule has 0 bridgehead atoms. The van der Waals surface area contributed by atoms with Gasteiger partial charge in [0.2, 0.25) is 0 Å². The lowest BCUT2D eigenvalue weighted by Gasteiger charge is -2.32. The molecule has 0 spiro atoms. The second-order valence-corrected chi connectivity index (χ2v) is 6.45. The summed E-state index contributed by atoms with van der Waals surface area (Å²) in [4.78, 5) is 11.0. The van der Waals surface area contributed by atoms with Gasteiger partial charge >= 0.3 is 0 Å². The molecule has 0 unspecified atom stereocenters. The van der Waals surface area contributed by atoms with E-state index >= 15 is 0 Å². The van der Waals surface area contributed by atoms with Crippen LogP contribution in [-0.2, 0) is 17.9 Å². The number of benzene rings is 1. The van der Waals surface area contributed by atoms with Gasteiger partial charge in [-0.1, -0.05) is 0 Å². The Kier molecular flexibility index (Phi) is 6.30. The molecule has 2 aromatic rings. The van der Waals surface area contributed by atoms with Crippen molar-refractivity contribution in [3.05, 3.63) is 53.9 Å². The Hall–Kier alpha value is -2.05. The minimum atomic E-state index is -0.241. The molecule has 1 aliphatic heterocycles. The maximum Gasteiger partial charge on any atom is 0.153 e. The summed E-state index contributed by atoms with van der Waals surface area (Å²) in [6.07, 6.45) is 6.06. The van der Waals surface area contributed by atoms with Crippen LogP contribution < -0.4 is 4.74 Å². The fourth-order valence-corrected chi connectivity index (χ4v) is 3.10. The maximum atomic E-state index is 12.9. The first-order chi connectivity index (χ1) is 12.2. The van der Waals surface area contributed by atoms with Crippen LogP contribution in [0.4, 0.5) is 4.39 Å². The lowest BCUT2D eigenvalue weighted by atomic mass is 9.98. The van der Waals surface area contributed by atoms with Crippen molar-refractivity contribution in [1.29, 1.82) is 0 Å². The van der Waals surface area contributed by atoms with E-state index < -0.39 is 0 Å². The van der Waals surface area contributed by atoms with Gasteiger partial charge in [-0.25, -0.2) is 14.4 Å². The molecule has 1 aromatic carbocycles. The third-order valence-corrected chi connectivity index (χ3v) is 4.34. The van der Waals surface area contributed by atoms with Crippen molar-refractivity contribution < 1.29 is 13.9 Å². The number of ether oxygens (including phenoxy) is 2. The first kappa shape index (κ1) is 17.8. The summed E-state index contributed by atoms with van der Waals surface area (Å²) < 4.78 is 23.8. The van der Waals surface area contributed by atoms with Gasteiger partial charge in [-0.15, -0.1) is 0 Å². The Morgan fingerprint density at radius 2 is 1.96 bits per heavy atom. The van der Waals surface area contributed by atoms with Gasteiger partial charge in [0.25, 0.3) is 0 Å². The van der Waals surface area contributed by atoms with Crippen LogP contribution in [0.5, 0.6) is 5.75 Å². The van der Waals surface area contributed by atoms with Crippen molar-refractivity contribution in [2.24, 2.45) is 5.92 Å². The molecular weight excluding hydrogens is 321 g/mol. The van der Waals surface area contributed by atoms with Crippen LogP contribution in [0.15, 0.2) is 36.7 Å². The van der Waals surface area contributed by atoms with Gasteiger partial charge in [-0.3, -0.25) is 4.90 Å². The van der Waals surface area contributed by atoms with Crippen LogP contribution in [0.1, 0.15) is 24.2 Å². The minimum Gasteiger partial charge on any atom is -0.493 e. The van der Waals surface area contributed by atoms with Gasteiger partial charge in [0.05, 0.1) is 6.61 Å². The maximum absolute atomic E-state index is 12.9. The zero-order chi connectivity index (χ0) is 17.5. The SMILES string of the molecule is COCc1ncc(CN2CCC[C@H](COc3ccc(F)cc3)C2)cn1. The van der Waals surface area contributed by atoms with Crippen molar-refractivity contribution in [3.8, 4) is 5.75 Å². The molecule has 134 valence electrons. The normalized spacial score (nSPS) is 18.2. The number of hydrogen-bond donors (Lipinski definition) is 0. The van der Waals surface area contributed by atoms with Crippen molar-refractivity contribution in [3.63, 3.8) is 0 Å². The van der Waals surface area contributed by atoms with E-state index in [1.165, 1.54) is 12.1 Å². The van der Waals surface area contributed by atoms with Gasteiger partial charge in [0.15, 0.2) is 5.82 Å². The molecule has 25 heavy (non-hydrogen) atoms. The molecule has 1 saturated heterocycles. The molecule has 1 aliphatic rings. The largest absolute Gasteiger partial charge is 0.493 e. The van der Waals surface area contributed by atoms with Crippen LogP contribution in [0.25, 0.3) is 0 Å². The molecule has 3 rings (SSSR count). The number of hydrogen-bond acceptors (Lipinski definition) is 5. The Morgan fingerprint density at radius 1 is 1.20 bits per heavy atom. The molecule has 0 N–H and O–H groups in total. The molecule has 2 heterocycles. The Morgan fingerprint density at radius 3 is 2.68 bits per heavy atom. The number of rotatable bonds is 7. The Labute approximate surface area is 147 Å². The fourth-order valence-electron chi connectivity index (χ4n) is 3.10. The number of aromatic nitrogens is 2. The summed E-state index contributed by atoms with van der Waals surface area (Å²) in [6, 6.07) is 6.20. The molecule has 0 radical (unpaired) electrons. The highest BCUT2D eigenvalue weighted by molar-refractivity contribution is 5.22. The van der Waals surface area contributed by atoms with Crippen molar-refractivity contribution >= 4 is 0 Å². The summed E-state index contributed by atoms with van der Waals surface area (Å²) in [7, 11) is 1.64. The van der Waals surface area contributed by atoms with Crippen molar-refractivity contribution in [2.75, 3.05) is 26.8 Å². The Bertz CT molecular complexity index is 649. The highest BCUT2D eigenvalue weighted by Crippen LogP contribution is 2.20. The number of nitrogens with zero attached hydrogens (tertiary/aromatic N) is 3. The average molecular weight is 345 g/mol. The third-order valence-electron chi connectivity index (χ3n) is 4.34. The first-order valence-electron chi connectivity index (χ1n) is 8.62. The van der Waals surface area contributed by atoms with Gasteiger partial charge in [0, 0.05) is 44.1 Å². The second kappa shape index (κ2) is 8.87. The smallest absolute Gasteiger partial charge is 0.153 e. The second-order valence-electron chi connectivity index (χ2n) is 6.45. The number of piperidine rings is 1. The summed E-state index contributed by atoms with van der Waals surface area (Å²) in [5, 5.41) is 0. The third kappa shape index (κ3) is 5.47. The zero-order valence-corrected chi connectivity index (χ0v) is 14.5. The average Bonchev–Trinajstić information content (AvgIpc) is 2.64. The fraction of sp³-hybridized carbons (Fsp3) is 0.474. The summed E-state index contributed by atoms with van der Waals surface area (Å²) >= 11 is 0. The predicted octanol–water partition coefficient (Wildman–Crippen LogP) is 3.05. The number of likely N-dealkylation sites (tertiary alicyclic amines) is 1. The van der Waals surface area contributed by atoms with Crippen molar-refractivity contribution in [2.45, 2.75) is 26.0 Å². The quantitative estimate of drug-likeness (QED) is 0.772. The van der Waals surface area contributed by atoms with Gasteiger partial charge in [-0.2, -0.15) is 0 Å². The lowest BCUT2D eigenvalue weighted by molar-refractivity contribution is 0.125. The van der Waals surface area contributed by atoms with Crippen LogP contribution in [0, 0.1) is 11.7 Å². The molecule has 1 atom stereocenters. The minimum absolute atomic E-state index is 0.241. The van der Waals surface area contributed by atoms with Crippen LogP contribution >= 0.6 is 0 Å². The van der Waals surface area contributed by atoms with E-state index in [1.54, 1.807) is 19.2 Å². The first-order valence-corrected chi connectivity index (χ1v) is 8.62. The van der Waals surface area contributed by atoms with Crippen LogP contribution in [0.2, 0.25) is 0 Å². The summed E-state index contributed by atoms with van der Waals surface area (Å²) in [5.74, 6) is 1.67. The van der Waals surface area contributed by atoms with Gasteiger partial charge < -0.3 is 9.47 Å². The molecule has 1 fully saturated rings. The van der Waals surface area contributed by atoms with Gasteiger partial charge in [-0.05, 0) is 43.7 Å². The molecule has 5 nitrogen and oxygen atoms in total. The molecule has 6 heteroatoms. The molecule has 0 aliphatic carbocycles. The van der Waals surface area contributed by atoms with Crippen LogP contribution in [0.3, 0.4) is 0 Å². The molecule has 0 saturated carbocycles. The number of halogens is 1. The molecule has 0 amide bonds. The number of methoxy groups -OCH3 is 1. The molecular formula is C19H24FN3O2. The summed E-state index contributed by atoms with van der Waals surface area (Å²) in [6.45, 7) is 4.01. The lowest BCUT2D eigenvalue weighted by Crippen LogP contribution is -2.37. The Balaban J connectivity index is 1.48. The van der Waals surface area contributed by atoms with Gasteiger partial charge in [0.1, 0.15) is 18.2 Å². The monoisotopic (exact) mass is 345 g/mol. The predicted molar refractivity (Wildman–Crippen MR) is 92.6 cm³/mol. The van der Waals surface area contributed by atoms with E-state index in [0.29, 0.717) is 25.0 Å². The molecule has 1 aromatic heterocycles. The standard InChI is InChI=1S/C19H24FN3O2/c1-24-14-19-21-9-16(10-22-19)12-23-8-2-3-15(11-23)13-25-18-6-4-17(20)5-7-18/h4-7,9-10,15H,2-3,8,11-14H2,1H3/t15-/m0/s1. The highest BCUT2D eigenvalue weighted by atomic mass is 19.1.